The van der Waals surface area contributed by atoms with Gasteiger partial charge in [0.1, 0.15) is 18.4 Å². The molecule has 0 aliphatic rings. The van der Waals surface area contributed by atoms with Crippen LogP contribution >= 0.6 is 0 Å². The largest absolute Gasteiger partial charge is 0.508 e. The molecule has 60 valence electrons. The lowest BCUT2D eigenvalue weighted by Crippen LogP contribution is -2.52. The summed E-state index contributed by atoms with van der Waals surface area (Å²) in [6.07, 6.45) is -0.568. The van der Waals surface area contributed by atoms with E-state index in [4.69, 9.17) is 5.11 Å². The van der Waals surface area contributed by atoms with Crippen molar-refractivity contribution in [1.29, 1.82) is 0 Å². The molecule has 0 spiro atoms. The smallest absolute Gasteiger partial charge is 0.128 e. The lowest BCUT2D eigenvalue weighted by molar-refractivity contribution is -0.385. The third kappa shape index (κ3) is 1.93. The average Bonchev–Trinajstić information content (AvgIpc) is 2.03. The van der Waals surface area contributed by atoms with Crippen molar-refractivity contribution >= 4 is 0 Å². The Morgan fingerprint density at radius 1 is 1.45 bits per heavy atom. The molecule has 0 aliphatic heterocycles. The number of rotatable bonds is 2. The minimum atomic E-state index is -0.568. The molecule has 0 amide bonds. The van der Waals surface area contributed by atoms with Crippen molar-refractivity contribution in [3.63, 3.8) is 0 Å². The number of hydrogen-bond donors (Lipinski definition) is 3. The minimum absolute atomic E-state index is 0.176. The van der Waals surface area contributed by atoms with E-state index >= 15 is 0 Å². The maximum atomic E-state index is 9.28. The first kappa shape index (κ1) is 8.04. The first-order valence-corrected chi connectivity index (χ1v) is 3.50. The summed E-state index contributed by atoms with van der Waals surface area (Å²) in [7, 11) is 0. The number of aliphatic hydroxyl groups is 1. The van der Waals surface area contributed by atoms with Gasteiger partial charge in [0.2, 0.25) is 0 Å². The number of benzene rings is 1. The van der Waals surface area contributed by atoms with Crippen molar-refractivity contribution in [3.05, 3.63) is 29.8 Å². The van der Waals surface area contributed by atoms with Crippen LogP contribution in [-0.4, -0.2) is 16.8 Å². The van der Waals surface area contributed by atoms with E-state index in [0.717, 1.165) is 0 Å². The SMILES string of the molecule is [NH3+]C[C@H](O)c1cccc(O)c1. The number of phenolic OH excluding ortho intramolecular Hbond substituents is 1. The zero-order valence-electron chi connectivity index (χ0n) is 6.20. The molecule has 0 heterocycles. The average molecular weight is 154 g/mol. The maximum absolute atomic E-state index is 9.28. The van der Waals surface area contributed by atoms with Crippen LogP contribution in [0.5, 0.6) is 5.75 Å². The van der Waals surface area contributed by atoms with E-state index in [9.17, 15) is 5.11 Å². The van der Waals surface area contributed by atoms with Crippen molar-refractivity contribution in [2.45, 2.75) is 6.10 Å². The van der Waals surface area contributed by atoms with Crippen LogP contribution < -0.4 is 5.73 Å². The second kappa shape index (κ2) is 3.37. The normalized spacial score (nSPS) is 12.9. The molecule has 0 saturated heterocycles. The van der Waals surface area contributed by atoms with Gasteiger partial charge in [0.05, 0.1) is 0 Å². The Morgan fingerprint density at radius 3 is 2.73 bits per heavy atom. The predicted molar refractivity (Wildman–Crippen MR) is 40.8 cm³/mol. The Kier molecular flexibility index (Phi) is 2.46. The second-order valence-electron chi connectivity index (χ2n) is 2.40. The van der Waals surface area contributed by atoms with E-state index in [2.05, 4.69) is 5.73 Å². The summed E-state index contributed by atoms with van der Waals surface area (Å²) in [5.41, 5.74) is 4.27. The summed E-state index contributed by atoms with van der Waals surface area (Å²) in [4.78, 5) is 0. The highest BCUT2D eigenvalue weighted by molar-refractivity contribution is 5.28. The monoisotopic (exact) mass is 154 g/mol. The van der Waals surface area contributed by atoms with Crippen molar-refractivity contribution < 1.29 is 15.9 Å². The highest BCUT2D eigenvalue weighted by Crippen LogP contribution is 2.16. The highest BCUT2D eigenvalue weighted by Gasteiger charge is 2.06. The molecule has 11 heavy (non-hydrogen) atoms. The molecule has 5 N–H and O–H groups in total. The fraction of sp³-hybridized carbons (Fsp3) is 0.250. The van der Waals surface area contributed by atoms with Crippen LogP contribution in [0.15, 0.2) is 24.3 Å². The molecule has 3 nitrogen and oxygen atoms in total. The number of aliphatic hydroxyl groups excluding tert-OH is 1. The first-order chi connectivity index (χ1) is 5.24. The quantitative estimate of drug-likeness (QED) is 0.546. The highest BCUT2D eigenvalue weighted by atomic mass is 16.3. The Bertz CT molecular complexity index is 237. The third-order valence-electron chi connectivity index (χ3n) is 1.53. The number of quaternary nitrogens is 1. The summed E-state index contributed by atoms with van der Waals surface area (Å²) in [5, 5.41) is 18.3. The Labute approximate surface area is 65.1 Å². The number of aromatic hydroxyl groups is 1. The summed E-state index contributed by atoms with van der Waals surface area (Å²) in [5.74, 6) is 0.176. The van der Waals surface area contributed by atoms with Crippen molar-refractivity contribution in [2.24, 2.45) is 0 Å². The minimum Gasteiger partial charge on any atom is -0.508 e. The zero-order chi connectivity index (χ0) is 8.27. The first-order valence-electron chi connectivity index (χ1n) is 3.50. The van der Waals surface area contributed by atoms with E-state index in [1.165, 1.54) is 6.07 Å². The zero-order valence-corrected chi connectivity index (χ0v) is 6.20. The van der Waals surface area contributed by atoms with Crippen LogP contribution in [0.4, 0.5) is 0 Å². The molecule has 3 heteroatoms. The van der Waals surface area contributed by atoms with Crippen molar-refractivity contribution in [2.75, 3.05) is 6.54 Å². The predicted octanol–water partition coefficient (Wildman–Crippen LogP) is -0.332. The van der Waals surface area contributed by atoms with Crippen LogP contribution in [0.25, 0.3) is 0 Å². The fourth-order valence-corrected chi connectivity index (χ4v) is 0.899. The van der Waals surface area contributed by atoms with E-state index in [1.54, 1.807) is 18.2 Å². The molecule has 1 atom stereocenters. The van der Waals surface area contributed by atoms with E-state index in [-0.39, 0.29) is 5.75 Å². The van der Waals surface area contributed by atoms with Gasteiger partial charge in [0.25, 0.3) is 0 Å². The Balaban J connectivity index is 2.86. The Hall–Kier alpha value is -1.06. The van der Waals surface area contributed by atoms with Crippen LogP contribution in [0.2, 0.25) is 0 Å². The Morgan fingerprint density at radius 2 is 2.18 bits per heavy atom. The molecule has 0 fully saturated rings. The molecule has 0 radical (unpaired) electrons. The van der Waals surface area contributed by atoms with Crippen molar-refractivity contribution in [3.8, 4) is 5.75 Å². The van der Waals surface area contributed by atoms with Gasteiger partial charge in [-0.15, -0.1) is 0 Å². The topological polar surface area (TPSA) is 68.1 Å². The summed E-state index contributed by atoms with van der Waals surface area (Å²) in [6, 6.07) is 6.56. The fourth-order valence-electron chi connectivity index (χ4n) is 0.899. The van der Waals surface area contributed by atoms with Gasteiger partial charge in [-0.25, -0.2) is 0 Å². The summed E-state index contributed by atoms with van der Waals surface area (Å²) < 4.78 is 0. The molecular weight excluding hydrogens is 142 g/mol. The van der Waals surface area contributed by atoms with Gasteiger partial charge in [0, 0.05) is 0 Å². The lowest BCUT2D eigenvalue weighted by atomic mass is 10.1. The number of hydrogen-bond acceptors (Lipinski definition) is 2. The lowest BCUT2D eigenvalue weighted by Gasteiger charge is -2.05. The summed E-state index contributed by atoms with van der Waals surface area (Å²) in [6.45, 7) is 0.420. The van der Waals surface area contributed by atoms with Gasteiger partial charge in [-0.1, -0.05) is 12.1 Å². The molecule has 0 aliphatic carbocycles. The van der Waals surface area contributed by atoms with Gasteiger partial charge in [0.15, 0.2) is 0 Å². The van der Waals surface area contributed by atoms with Crippen LogP contribution in [0.3, 0.4) is 0 Å². The molecule has 0 unspecified atom stereocenters. The molecule has 0 aromatic heterocycles. The van der Waals surface area contributed by atoms with Crippen molar-refractivity contribution in [1.82, 2.24) is 0 Å². The molecule has 1 aromatic rings. The maximum Gasteiger partial charge on any atom is 0.128 e. The van der Waals surface area contributed by atoms with Gasteiger partial charge in [-0.05, 0) is 17.7 Å². The van der Waals surface area contributed by atoms with Gasteiger partial charge in [-0.2, -0.15) is 0 Å². The van der Waals surface area contributed by atoms with Gasteiger partial charge < -0.3 is 15.9 Å². The van der Waals surface area contributed by atoms with Gasteiger partial charge in [-0.3, -0.25) is 0 Å². The van der Waals surface area contributed by atoms with Crippen LogP contribution in [0, 0.1) is 0 Å². The molecular formula is C8H12NO2+. The van der Waals surface area contributed by atoms with E-state index in [1.807, 2.05) is 0 Å². The van der Waals surface area contributed by atoms with Crippen LogP contribution in [0.1, 0.15) is 11.7 Å². The van der Waals surface area contributed by atoms with E-state index in [0.29, 0.717) is 12.1 Å². The molecule has 1 rings (SSSR count). The van der Waals surface area contributed by atoms with Gasteiger partial charge >= 0.3 is 0 Å². The second-order valence-corrected chi connectivity index (χ2v) is 2.40. The molecule has 0 saturated carbocycles. The number of phenols is 1. The van der Waals surface area contributed by atoms with Crippen LogP contribution in [-0.2, 0) is 0 Å². The molecule has 1 aromatic carbocycles. The van der Waals surface area contributed by atoms with E-state index < -0.39 is 6.10 Å². The standard InChI is InChI=1S/C8H11NO2/c9-5-8(11)6-2-1-3-7(10)4-6/h1-4,8,10-11H,5,9H2/p+1/t8-/m0/s1. The summed E-state index contributed by atoms with van der Waals surface area (Å²) >= 11 is 0. The molecule has 0 bridgehead atoms. The third-order valence-corrected chi connectivity index (χ3v) is 1.53.